The highest BCUT2D eigenvalue weighted by atomic mass is 32.2. The number of thioether (sulfide) groups is 1. The number of alkyl carbamates (subject to hydrolysis) is 3. The SMILES string of the molecule is C=C1N[C@H]2[C@H](CCCCC(=O)NCCOCCOC(=O)NCCC(C)(C)C)SC[C@H]2N1.CC(=O)COCCOCCOC(=O)NCCC(C)(C)C.CC(C)(C)CCNC(=O)OCCOCCN.CCC(O)CC(C)(C)C. The number of nitrogens with two attached hydrogens (primary N) is 1. The lowest BCUT2D eigenvalue weighted by Gasteiger charge is -2.20. The van der Waals surface area contributed by atoms with Gasteiger partial charge < -0.3 is 75.9 Å². The van der Waals surface area contributed by atoms with E-state index in [1.165, 1.54) is 6.92 Å². The summed E-state index contributed by atoms with van der Waals surface area (Å²) in [5.74, 6) is 2.10. The number of Topliss-reactive ketones (excluding diaryl/α,β-unsaturated/α-hetero) is 1. The van der Waals surface area contributed by atoms with Crippen molar-refractivity contribution < 1.29 is 62.2 Å². The van der Waals surface area contributed by atoms with Crippen molar-refractivity contribution >= 4 is 41.7 Å². The van der Waals surface area contributed by atoms with Gasteiger partial charge >= 0.3 is 18.3 Å². The summed E-state index contributed by atoms with van der Waals surface area (Å²) in [7, 11) is 0. The maximum atomic E-state index is 11.9. The van der Waals surface area contributed by atoms with Gasteiger partial charge in [-0.15, -0.1) is 0 Å². The van der Waals surface area contributed by atoms with Crippen molar-refractivity contribution in [2.45, 2.75) is 178 Å². The first-order chi connectivity index (χ1) is 35.5. The van der Waals surface area contributed by atoms with Gasteiger partial charge in [-0.05, 0) is 73.5 Å². The third-order valence-electron chi connectivity index (χ3n) is 10.8. The Labute approximate surface area is 463 Å². The van der Waals surface area contributed by atoms with Gasteiger partial charge in [-0.3, -0.25) is 9.59 Å². The zero-order valence-corrected chi connectivity index (χ0v) is 50.5. The number of unbranched alkanes of at least 4 members (excludes halogenated alkanes) is 1. The van der Waals surface area contributed by atoms with Crippen LogP contribution >= 0.6 is 11.8 Å². The Balaban J connectivity index is 0. The van der Waals surface area contributed by atoms with E-state index in [4.69, 9.17) is 38.9 Å². The molecule has 0 radical (unpaired) electrons. The Morgan fingerprint density at radius 1 is 0.632 bits per heavy atom. The van der Waals surface area contributed by atoms with Gasteiger partial charge in [0.05, 0.1) is 70.3 Å². The van der Waals surface area contributed by atoms with Crippen molar-refractivity contribution in [3.8, 4) is 0 Å². The second-order valence-electron chi connectivity index (χ2n) is 23.7. The van der Waals surface area contributed by atoms with Crippen LogP contribution in [0.2, 0.25) is 0 Å². The lowest BCUT2D eigenvalue weighted by atomic mass is 9.88. The molecule has 0 aromatic carbocycles. The number of ketones is 1. The van der Waals surface area contributed by atoms with E-state index < -0.39 is 12.2 Å². The number of carbonyl (C=O) groups is 5. The fraction of sp³-hybridized carbons (Fsp3) is 0.873. The van der Waals surface area contributed by atoms with Crippen LogP contribution in [0.25, 0.3) is 0 Å². The van der Waals surface area contributed by atoms with E-state index in [2.05, 4.69) is 122 Å². The van der Waals surface area contributed by atoms with Gasteiger partial charge in [-0.1, -0.05) is 103 Å². The molecule has 76 heavy (non-hydrogen) atoms. The van der Waals surface area contributed by atoms with Crippen LogP contribution in [-0.4, -0.2) is 170 Å². The lowest BCUT2D eigenvalue weighted by molar-refractivity contribution is -0.122. The van der Waals surface area contributed by atoms with Crippen molar-refractivity contribution in [2.24, 2.45) is 27.4 Å². The minimum absolute atomic E-state index is 0.0136. The molecule has 9 N–H and O–H groups in total. The highest BCUT2D eigenvalue weighted by molar-refractivity contribution is 8.00. The third kappa shape index (κ3) is 52.5. The predicted molar refractivity (Wildman–Crippen MR) is 304 cm³/mol. The second kappa shape index (κ2) is 43.3. The van der Waals surface area contributed by atoms with E-state index in [0.717, 1.165) is 62.9 Å². The molecule has 21 heteroatoms. The molecule has 2 saturated heterocycles. The van der Waals surface area contributed by atoms with Crippen molar-refractivity contribution in [1.82, 2.24) is 31.9 Å². The molecule has 448 valence electrons. The topological polar surface area (TPSA) is 268 Å². The van der Waals surface area contributed by atoms with E-state index in [1.54, 1.807) is 0 Å². The Kier molecular flexibility index (Phi) is 42.4. The van der Waals surface area contributed by atoms with Gasteiger partial charge in [0, 0.05) is 50.1 Å². The van der Waals surface area contributed by atoms with Crippen LogP contribution in [0.1, 0.15) is 155 Å². The molecule has 2 heterocycles. The molecule has 1 unspecified atom stereocenters. The second-order valence-corrected chi connectivity index (χ2v) is 25.0. The number of carbonyl (C=O) groups excluding carboxylic acids is 5. The zero-order chi connectivity index (χ0) is 58.1. The van der Waals surface area contributed by atoms with Gasteiger partial charge in [0.25, 0.3) is 0 Å². The van der Waals surface area contributed by atoms with Gasteiger partial charge in [0.1, 0.15) is 26.4 Å². The van der Waals surface area contributed by atoms with Crippen LogP contribution in [0, 0.1) is 21.7 Å². The molecular weight excluding hydrogens is 999 g/mol. The summed E-state index contributed by atoms with van der Waals surface area (Å²) >= 11 is 2.01. The Morgan fingerprint density at radius 2 is 1.08 bits per heavy atom. The summed E-state index contributed by atoms with van der Waals surface area (Å²) < 4.78 is 35.5. The first-order valence-electron chi connectivity index (χ1n) is 27.5. The normalized spacial score (nSPS) is 16.3. The zero-order valence-electron chi connectivity index (χ0n) is 49.7. The monoisotopic (exact) mass is 1110 g/mol. The minimum atomic E-state index is -0.425. The minimum Gasteiger partial charge on any atom is -0.447 e. The van der Waals surface area contributed by atoms with E-state index in [-0.39, 0.29) is 72.0 Å². The van der Waals surface area contributed by atoms with Crippen LogP contribution in [0.3, 0.4) is 0 Å². The summed E-state index contributed by atoms with van der Waals surface area (Å²) in [4.78, 5) is 56.5. The molecule has 4 atom stereocenters. The van der Waals surface area contributed by atoms with Crippen molar-refractivity contribution in [2.75, 3.05) is 111 Å². The maximum absolute atomic E-state index is 11.9. The average Bonchev–Trinajstić information content (AvgIpc) is 3.85. The summed E-state index contributed by atoms with van der Waals surface area (Å²) in [6.45, 7) is 39.2. The number of ether oxygens (including phenoxy) is 7. The van der Waals surface area contributed by atoms with Crippen LogP contribution in [0.5, 0.6) is 0 Å². The number of hydrogen-bond donors (Lipinski definition) is 8. The summed E-state index contributed by atoms with van der Waals surface area (Å²) in [5, 5.41) is 27.6. The predicted octanol–water partition coefficient (Wildman–Crippen LogP) is 7.45. The maximum Gasteiger partial charge on any atom is 0.407 e. The number of fused-ring (bicyclic) bond motifs is 1. The fourth-order valence-electron chi connectivity index (χ4n) is 6.66. The molecule has 4 amide bonds. The molecular formula is C55H109N7O13S. The first-order valence-corrected chi connectivity index (χ1v) is 28.5. The van der Waals surface area contributed by atoms with Gasteiger partial charge in [0.2, 0.25) is 5.91 Å². The highest BCUT2D eigenvalue weighted by Crippen LogP contribution is 2.34. The molecule has 0 aliphatic carbocycles. The molecule has 2 fully saturated rings. The van der Waals surface area contributed by atoms with Crippen LogP contribution in [0.15, 0.2) is 12.4 Å². The van der Waals surface area contributed by atoms with E-state index in [0.29, 0.717) is 103 Å². The van der Waals surface area contributed by atoms with Crippen LogP contribution in [-0.2, 0) is 42.7 Å². The van der Waals surface area contributed by atoms with Gasteiger partial charge in [0.15, 0.2) is 5.78 Å². The Morgan fingerprint density at radius 3 is 1.50 bits per heavy atom. The standard InChI is InChI=1S/C22H40N4O4S.C14H27NO5.C11H24N2O3.C8H18O/c1-16-25-17-15-31-18(20(17)26-16)7-5-6-8-19(27)23-11-12-29-13-14-30-21(28)24-10-9-22(2,3)4;1-12(16)11-19-8-7-18-9-10-20-13(17)15-6-5-14(2,3)4;1-11(2,3)4-6-13-10(14)16-9-8-15-7-5-12;1-5-7(9)6-8(2,3)4/h17-18,20,25-26H,1,5-15H2,2-4H3,(H,23,27)(H,24,28);5-11H2,1-4H3,(H,15,17);4-9,12H2,1-3H3,(H,13,14);7,9H,5-6H2,1-4H3/t17-,18+,20-;;;/m1.../s1. The van der Waals surface area contributed by atoms with Gasteiger partial charge in [-0.25, -0.2) is 14.4 Å². The fourth-order valence-corrected chi connectivity index (χ4v) is 8.20. The van der Waals surface area contributed by atoms with Crippen LogP contribution in [0.4, 0.5) is 14.4 Å². The van der Waals surface area contributed by atoms with E-state index >= 15 is 0 Å². The highest BCUT2D eigenvalue weighted by Gasteiger charge is 2.40. The molecule has 0 aromatic rings. The first kappa shape index (κ1) is 74.5. The number of hydrogen-bond acceptors (Lipinski definition) is 17. The summed E-state index contributed by atoms with van der Waals surface area (Å²) in [5.41, 5.74) is 6.10. The van der Waals surface area contributed by atoms with Crippen molar-refractivity contribution in [3.05, 3.63) is 12.4 Å². The Hall–Kier alpha value is -3.60. The van der Waals surface area contributed by atoms with Crippen LogP contribution < -0.4 is 37.6 Å². The molecule has 0 saturated carbocycles. The Bertz CT molecular complexity index is 1550. The molecule has 0 aromatic heterocycles. The smallest absolute Gasteiger partial charge is 0.407 e. The van der Waals surface area contributed by atoms with Gasteiger partial charge in [-0.2, -0.15) is 11.8 Å². The number of amides is 4. The molecule has 20 nitrogen and oxygen atoms in total. The number of rotatable bonds is 32. The van der Waals surface area contributed by atoms with E-state index in [9.17, 15) is 29.1 Å². The third-order valence-corrected chi connectivity index (χ3v) is 12.3. The molecule has 2 aliphatic heterocycles. The molecule has 0 spiro atoms. The number of aliphatic hydroxyl groups is 1. The molecule has 2 rings (SSSR count). The number of aliphatic hydroxyl groups excluding tert-OH is 1. The van der Waals surface area contributed by atoms with E-state index in [1.807, 2.05) is 18.7 Å². The van der Waals surface area contributed by atoms with Crippen molar-refractivity contribution in [3.63, 3.8) is 0 Å². The largest absolute Gasteiger partial charge is 0.447 e. The average molecular weight is 1110 g/mol. The summed E-state index contributed by atoms with van der Waals surface area (Å²) in [6.07, 6.45) is 6.76. The lowest BCUT2D eigenvalue weighted by Crippen LogP contribution is -2.36. The number of nitrogens with one attached hydrogen (secondary N) is 6. The molecule has 2 aliphatic rings. The quantitative estimate of drug-likeness (QED) is 0.0240. The summed E-state index contributed by atoms with van der Waals surface area (Å²) in [6, 6.07) is 0.973. The van der Waals surface area contributed by atoms with Crippen molar-refractivity contribution in [1.29, 1.82) is 0 Å². The molecule has 0 bridgehead atoms.